The number of methoxy groups -OCH3 is 1. The number of nitrogens with zero attached hydrogens (tertiary/aromatic N) is 2. The number of halogens is 2. The fourth-order valence-electron chi connectivity index (χ4n) is 6.40. The van der Waals surface area contributed by atoms with Crippen molar-refractivity contribution in [3.05, 3.63) is 64.6 Å². The number of anilines is 1. The molecular formula is C32H37ClFN3O6. The summed E-state index contributed by atoms with van der Waals surface area (Å²) >= 11 is 6.48. The summed E-state index contributed by atoms with van der Waals surface area (Å²) in [5.41, 5.74) is 1.58. The van der Waals surface area contributed by atoms with Crippen molar-refractivity contribution in [3.63, 3.8) is 0 Å². The maximum absolute atomic E-state index is 15.3. The molecule has 1 saturated carbocycles. The number of aromatic nitrogens is 1. The number of likely N-dealkylation sites (tertiary alicyclic amines) is 1. The Morgan fingerprint density at radius 2 is 1.74 bits per heavy atom. The molecule has 5 rings (SSSR count). The molecule has 0 bridgehead atoms. The van der Waals surface area contributed by atoms with Gasteiger partial charge in [-0.2, -0.15) is 0 Å². The number of carboxylic acid groups (broad SMARTS) is 1. The van der Waals surface area contributed by atoms with Crippen molar-refractivity contribution in [2.75, 3.05) is 25.6 Å². The lowest BCUT2D eigenvalue weighted by molar-refractivity contribution is -0.144. The maximum Gasteiger partial charge on any atom is 0.306 e. The van der Waals surface area contributed by atoms with Crippen molar-refractivity contribution >= 4 is 46.0 Å². The van der Waals surface area contributed by atoms with Crippen molar-refractivity contribution in [2.45, 2.75) is 63.1 Å². The Kier molecular flexibility index (Phi) is 9.68. The van der Waals surface area contributed by atoms with E-state index >= 15 is 4.39 Å². The van der Waals surface area contributed by atoms with Crippen molar-refractivity contribution in [2.24, 2.45) is 13.0 Å². The van der Waals surface area contributed by atoms with Crippen LogP contribution in [0.2, 0.25) is 5.02 Å². The van der Waals surface area contributed by atoms with Gasteiger partial charge in [0.15, 0.2) is 0 Å². The number of ether oxygens (including phenoxy) is 2. The number of carbonyl (C=O) groups excluding carboxylic acids is 2. The van der Waals surface area contributed by atoms with E-state index in [-0.39, 0.29) is 52.7 Å². The second-order valence-corrected chi connectivity index (χ2v) is 11.9. The minimum atomic E-state index is -0.763. The average molecular weight is 614 g/mol. The zero-order valence-electron chi connectivity index (χ0n) is 24.4. The molecule has 11 heteroatoms. The molecule has 2 aromatic carbocycles. The van der Waals surface area contributed by atoms with Gasteiger partial charge in [-0.1, -0.05) is 29.8 Å². The van der Waals surface area contributed by atoms with Crippen molar-refractivity contribution in [1.29, 1.82) is 0 Å². The number of aryl methyl sites for hydroxylation is 1. The molecule has 1 unspecified atom stereocenters. The Morgan fingerprint density at radius 3 is 2.44 bits per heavy atom. The van der Waals surface area contributed by atoms with Gasteiger partial charge in [-0.05, 0) is 62.3 Å². The van der Waals surface area contributed by atoms with Gasteiger partial charge in [0, 0.05) is 31.3 Å². The lowest BCUT2D eigenvalue weighted by Gasteiger charge is -2.32. The Hall–Kier alpha value is -3.47. The summed E-state index contributed by atoms with van der Waals surface area (Å²) in [5, 5.41) is 12.9. The van der Waals surface area contributed by atoms with Crippen LogP contribution in [0.25, 0.3) is 10.9 Å². The molecular weight excluding hydrogens is 577 g/mol. The number of fused-ring (bicyclic) bond motifs is 1. The second-order valence-electron chi connectivity index (χ2n) is 11.5. The van der Waals surface area contributed by atoms with E-state index in [1.54, 1.807) is 18.2 Å². The van der Waals surface area contributed by atoms with E-state index in [1.807, 2.05) is 35.9 Å². The molecule has 1 saturated heterocycles. The van der Waals surface area contributed by atoms with E-state index in [9.17, 15) is 19.5 Å². The van der Waals surface area contributed by atoms with Crippen molar-refractivity contribution in [3.8, 4) is 0 Å². The highest BCUT2D eigenvalue weighted by Gasteiger charge is 2.38. The molecule has 2 aliphatic rings. The Bertz CT molecular complexity index is 1500. The van der Waals surface area contributed by atoms with Crippen LogP contribution < -0.4 is 5.32 Å². The van der Waals surface area contributed by atoms with Gasteiger partial charge in [-0.25, -0.2) is 4.39 Å². The molecule has 3 aromatic rings. The van der Waals surface area contributed by atoms with Gasteiger partial charge < -0.3 is 29.4 Å². The lowest BCUT2D eigenvalue weighted by Crippen LogP contribution is -2.46. The smallest absolute Gasteiger partial charge is 0.306 e. The van der Waals surface area contributed by atoms with Gasteiger partial charge >= 0.3 is 5.97 Å². The van der Waals surface area contributed by atoms with Crippen molar-refractivity contribution in [1.82, 2.24) is 9.47 Å². The summed E-state index contributed by atoms with van der Waals surface area (Å²) in [4.78, 5) is 39.7. The van der Waals surface area contributed by atoms with Crippen LogP contribution in [0.1, 0.15) is 54.4 Å². The number of carboxylic acids is 1. The monoisotopic (exact) mass is 613 g/mol. The molecule has 2 fully saturated rings. The third-order valence-electron chi connectivity index (χ3n) is 8.68. The van der Waals surface area contributed by atoms with Crippen LogP contribution in [0, 0.1) is 11.7 Å². The Labute approximate surface area is 254 Å². The third kappa shape index (κ3) is 6.87. The molecule has 43 heavy (non-hydrogen) atoms. The summed E-state index contributed by atoms with van der Waals surface area (Å²) in [6, 6.07) is 9.68. The number of hydrogen-bond acceptors (Lipinski definition) is 5. The van der Waals surface area contributed by atoms with Crippen LogP contribution in [0.15, 0.2) is 42.6 Å². The molecule has 2 heterocycles. The van der Waals surface area contributed by atoms with Crippen molar-refractivity contribution < 1.29 is 33.4 Å². The Balaban J connectivity index is 1.25. The molecule has 0 radical (unpaired) electrons. The zero-order chi connectivity index (χ0) is 30.7. The number of rotatable bonds is 10. The molecule has 2 N–H and O–H groups in total. The topological polar surface area (TPSA) is 110 Å². The minimum Gasteiger partial charge on any atom is -0.481 e. The third-order valence-corrected chi connectivity index (χ3v) is 8.99. The van der Waals surface area contributed by atoms with Gasteiger partial charge in [-0.3, -0.25) is 14.4 Å². The van der Waals surface area contributed by atoms with Crippen LogP contribution >= 0.6 is 11.6 Å². The Morgan fingerprint density at radius 1 is 1.05 bits per heavy atom. The normalized spacial score (nSPS) is 22.2. The highest BCUT2D eigenvalue weighted by Crippen LogP contribution is 2.32. The molecule has 9 nitrogen and oxygen atoms in total. The first-order valence-corrected chi connectivity index (χ1v) is 15.0. The van der Waals surface area contributed by atoms with Crippen LogP contribution in [0.5, 0.6) is 0 Å². The largest absolute Gasteiger partial charge is 0.481 e. The summed E-state index contributed by atoms with van der Waals surface area (Å²) in [6.07, 6.45) is 5.44. The van der Waals surface area contributed by atoms with Crippen LogP contribution in [-0.4, -0.2) is 70.9 Å². The molecule has 1 aliphatic carbocycles. The molecule has 230 valence electrons. The van der Waals surface area contributed by atoms with E-state index in [2.05, 4.69) is 5.32 Å². The SMILES string of the molecule is COC[C@@H]1CCC(COC2CCC(C(=O)O)CC2)N1C(=O)Cc1cc(Cl)c(NC(=O)c2cn(C)c3ccccc23)cc1F. The summed E-state index contributed by atoms with van der Waals surface area (Å²) in [7, 11) is 3.43. The van der Waals surface area contributed by atoms with Gasteiger partial charge in [0.05, 0.1) is 60.0 Å². The number of hydrogen-bond donors (Lipinski definition) is 2. The van der Waals surface area contributed by atoms with Crippen LogP contribution in [-0.2, 0) is 32.5 Å². The van der Waals surface area contributed by atoms with Gasteiger partial charge in [0.25, 0.3) is 5.91 Å². The molecule has 0 spiro atoms. The molecule has 1 aliphatic heterocycles. The first-order valence-electron chi connectivity index (χ1n) is 14.6. The van der Waals surface area contributed by atoms with E-state index in [4.69, 9.17) is 21.1 Å². The maximum atomic E-state index is 15.3. The van der Waals surface area contributed by atoms with Crippen LogP contribution in [0.4, 0.5) is 10.1 Å². The highest BCUT2D eigenvalue weighted by molar-refractivity contribution is 6.34. The standard InChI is InChI=1S/C32H37ClFN3O6/c1-36-16-25(24-5-3-4-6-29(24)36)31(39)35-28-15-27(34)20(13-26(28)33)14-30(38)37-21(17-42-2)9-10-22(37)18-43-23-11-7-19(8-12-23)32(40)41/h3-6,13,15-16,19,21-23H,7-12,14,17-18H2,1-2H3,(H,35,39)(H,40,41)/t19?,21-,22?,23?/m0/s1. The van der Waals surface area contributed by atoms with Gasteiger partial charge in [0.2, 0.25) is 5.91 Å². The summed E-state index contributed by atoms with van der Waals surface area (Å²) in [5.74, 6) is -2.40. The average Bonchev–Trinajstić information content (AvgIpc) is 3.55. The second kappa shape index (κ2) is 13.4. The van der Waals surface area contributed by atoms with Crippen LogP contribution in [0.3, 0.4) is 0 Å². The number of carbonyl (C=O) groups is 3. The first kappa shape index (κ1) is 31.0. The zero-order valence-corrected chi connectivity index (χ0v) is 25.1. The summed E-state index contributed by atoms with van der Waals surface area (Å²) in [6.45, 7) is 0.686. The van der Waals surface area contributed by atoms with Gasteiger partial charge in [-0.15, -0.1) is 0 Å². The van der Waals surface area contributed by atoms with E-state index < -0.39 is 17.7 Å². The highest BCUT2D eigenvalue weighted by atomic mass is 35.5. The minimum absolute atomic E-state index is 0.0399. The number of para-hydroxylation sites is 1. The molecule has 1 aromatic heterocycles. The predicted molar refractivity (Wildman–Crippen MR) is 161 cm³/mol. The summed E-state index contributed by atoms with van der Waals surface area (Å²) < 4.78 is 28.7. The fraction of sp³-hybridized carbons (Fsp3) is 0.469. The van der Waals surface area contributed by atoms with E-state index in [0.29, 0.717) is 44.5 Å². The van der Waals surface area contributed by atoms with Gasteiger partial charge in [0.1, 0.15) is 5.82 Å². The lowest BCUT2D eigenvalue weighted by atomic mass is 9.87. The molecule has 2 atom stereocenters. The van der Waals surface area contributed by atoms with E-state index in [1.165, 1.54) is 6.07 Å². The number of aliphatic carboxylic acids is 1. The van der Waals surface area contributed by atoms with E-state index in [0.717, 1.165) is 29.8 Å². The predicted octanol–water partition coefficient (Wildman–Crippen LogP) is 5.43. The quantitative estimate of drug-likeness (QED) is 0.315. The first-order chi connectivity index (χ1) is 20.7. The number of nitrogens with one attached hydrogen (secondary N) is 1. The molecule has 2 amide bonds. The number of benzene rings is 2. The fourth-order valence-corrected chi connectivity index (χ4v) is 6.63. The number of amides is 2.